The van der Waals surface area contributed by atoms with Gasteiger partial charge in [0.15, 0.2) is 11.7 Å². The summed E-state index contributed by atoms with van der Waals surface area (Å²) >= 11 is 0. The normalized spacial score (nSPS) is 13.7. The van der Waals surface area contributed by atoms with Gasteiger partial charge in [-0.25, -0.2) is 4.98 Å². The molecule has 0 saturated heterocycles. The highest BCUT2D eigenvalue weighted by atomic mass is 16.4. The first-order valence-electron chi connectivity index (χ1n) is 7.64. The van der Waals surface area contributed by atoms with Crippen molar-refractivity contribution < 1.29 is 4.42 Å². The highest BCUT2D eigenvalue weighted by Crippen LogP contribution is 2.28. The van der Waals surface area contributed by atoms with Gasteiger partial charge >= 0.3 is 0 Å². The summed E-state index contributed by atoms with van der Waals surface area (Å²) in [5.74, 6) is 1.72. The lowest BCUT2D eigenvalue weighted by Crippen LogP contribution is -2.17. The fraction of sp³-hybridized carbons (Fsp3) is 0.471. The number of aryl methyl sites for hydroxylation is 2. The minimum atomic E-state index is 0.823. The average molecular weight is 270 g/mol. The van der Waals surface area contributed by atoms with Crippen molar-refractivity contribution >= 4 is 0 Å². The summed E-state index contributed by atoms with van der Waals surface area (Å²) in [6.45, 7) is 4.15. The third-order valence-corrected chi connectivity index (χ3v) is 3.88. The van der Waals surface area contributed by atoms with Crippen LogP contribution in [0.4, 0.5) is 0 Å². The van der Waals surface area contributed by atoms with Crippen LogP contribution in [-0.4, -0.2) is 18.1 Å². The Morgan fingerprint density at radius 3 is 3.00 bits per heavy atom. The Morgan fingerprint density at radius 2 is 2.10 bits per heavy atom. The van der Waals surface area contributed by atoms with Crippen LogP contribution in [-0.2, 0) is 19.3 Å². The Labute approximate surface area is 120 Å². The first-order chi connectivity index (χ1) is 9.86. The van der Waals surface area contributed by atoms with Gasteiger partial charge in [-0.3, -0.25) is 0 Å². The number of hydrogen-bond acceptors (Lipinski definition) is 3. The Hall–Kier alpha value is -1.61. The summed E-state index contributed by atoms with van der Waals surface area (Å²) in [6.07, 6.45) is 7.57. The molecule has 3 nitrogen and oxygen atoms in total. The van der Waals surface area contributed by atoms with E-state index in [1.54, 1.807) is 0 Å². The minimum absolute atomic E-state index is 0.823. The molecule has 0 bridgehead atoms. The van der Waals surface area contributed by atoms with Crippen LogP contribution in [0.1, 0.15) is 36.8 Å². The van der Waals surface area contributed by atoms with E-state index in [-0.39, 0.29) is 0 Å². The van der Waals surface area contributed by atoms with Gasteiger partial charge in [0.2, 0.25) is 0 Å². The van der Waals surface area contributed by atoms with Gasteiger partial charge < -0.3 is 9.73 Å². The molecule has 1 aromatic heterocycles. The van der Waals surface area contributed by atoms with Crippen LogP contribution in [0.25, 0.3) is 11.3 Å². The Balaban J connectivity index is 1.67. The first-order valence-corrected chi connectivity index (χ1v) is 7.64. The first kappa shape index (κ1) is 13.4. The van der Waals surface area contributed by atoms with E-state index in [2.05, 4.69) is 35.4 Å². The van der Waals surface area contributed by atoms with Crippen LogP contribution in [0.3, 0.4) is 0 Å². The average Bonchev–Trinajstić information content (AvgIpc) is 3.11. The van der Waals surface area contributed by atoms with Crippen molar-refractivity contribution in [3.63, 3.8) is 0 Å². The van der Waals surface area contributed by atoms with E-state index in [1.807, 2.05) is 6.20 Å². The summed E-state index contributed by atoms with van der Waals surface area (Å²) < 4.78 is 5.86. The zero-order valence-electron chi connectivity index (χ0n) is 12.1. The molecule has 0 spiro atoms. The molecule has 0 atom stereocenters. The van der Waals surface area contributed by atoms with Gasteiger partial charge in [-0.05, 0) is 49.4 Å². The van der Waals surface area contributed by atoms with Crippen LogP contribution in [0, 0.1) is 0 Å². The Kier molecular flexibility index (Phi) is 4.16. The second-order valence-electron chi connectivity index (χ2n) is 5.46. The molecular weight excluding hydrogens is 248 g/mol. The molecule has 1 aromatic carbocycles. The second-order valence-corrected chi connectivity index (χ2v) is 5.46. The summed E-state index contributed by atoms with van der Waals surface area (Å²) in [4.78, 5) is 4.38. The van der Waals surface area contributed by atoms with Crippen molar-refractivity contribution in [3.05, 3.63) is 41.4 Å². The van der Waals surface area contributed by atoms with Gasteiger partial charge in [0.05, 0.1) is 6.20 Å². The van der Waals surface area contributed by atoms with Crippen molar-refractivity contribution in [2.75, 3.05) is 13.1 Å². The van der Waals surface area contributed by atoms with Gasteiger partial charge in [-0.15, -0.1) is 0 Å². The van der Waals surface area contributed by atoms with Gasteiger partial charge in [-0.1, -0.05) is 19.1 Å². The molecule has 1 N–H and O–H groups in total. The molecule has 0 unspecified atom stereocenters. The summed E-state index contributed by atoms with van der Waals surface area (Å²) in [5.41, 5.74) is 4.13. The Morgan fingerprint density at radius 1 is 1.20 bits per heavy atom. The maximum atomic E-state index is 5.86. The highest BCUT2D eigenvalue weighted by Gasteiger charge is 2.13. The van der Waals surface area contributed by atoms with Crippen LogP contribution in [0.5, 0.6) is 0 Å². The van der Waals surface area contributed by atoms with Gasteiger partial charge in [0.25, 0.3) is 0 Å². The maximum absolute atomic E-state index is 5.86. The number of hydrogen-bond donors (Lipinski definition) is 1. The third kappa shape index (κ3) is 2.93. The molecule has 0 amide bonds. The molecule has 0 fully saturated rings. The van der Waals surface area contributed by atoms with Crippen LogP contribution in [0.2, 0.25) is 0 Å². The molecule has 0 saturated carbocycles. The van der Waals surface area contributed by atoms with Gasteiger partial charge in [0.1, 0.15) is 0 Å². The third-order valence-electron chi connectivity index (χ3n) is 3.88. The molecule has 0 aliphatic heterocycles. The smallest absolute Gasteiger partial charge is 0.196 e. The van der Waals surface area contributed by atoms with Gasteiger partial charge in [-0.2, -0.15) is 0 Å². The van der Waals surface area contributed by atoms with Crippen molar-refractivity contribution in [3.8, 4) is 11.3 Å². The predicted molar refractivity (Wildman–Crippen MR) is 80.8 cm³/mol. The number of fused-ring (bicyclic) bond motifs is 1. The quantitative estimate of drug-likeness (QED) is 0.818. The molecule has 1 aliphatic carbocycles. The number of benzene rings is 1. The zero-order chi connectivity index (χ0) is 13.8. The lowest BCUT2D eigenvalue weighted by molar-refractivity contribution is 0.495. The highest BCUT2D eigenvalue weighted by molar-refractivity contribution is 5.59. The number of nitrogens with zero attached hydrogens (tertiary/aromatic N) is 1. The number of nitrogens with one attached hydrogen (secondary N) is 1. The maximum Gasteiger partial charge on any atom is 0.196 e. The predicted octanol–water partition coefficient (Wildman–Crippen LogP) is 3.37. The largest absolute Gasteiger partial charge is 0.441 e. The van der Waals surface area contributed by atoms with Crippen molar-refractivity contribution in [2.45, 2.75) is 39.0 Å². The van der Waals surface area contributed by atoms with Gasteiger partial charge in [0, 0.05) is 18.5 Å². The SMILES string of the molecule is CCCNCCc1ncc(-c2ccc3c(c2)CCC3)o1. The Bertz CT molecular complexity index is 574. The van der Waals surface area contributed by atoms with E-state index < -0.39 is 0 Å². The summed E-state index contributed by atoms with van der Waals surface area (Å²) in [7, 11) is 0. The second kappa shape index (κ2) is 6.23. The molecule has 3 heteroatoms. The van der Waals surface area contributed by atoms with Crippen molar-refractivity contribution in [1.82, 2.24) is 10.3 Å². The molecule has 3 rings (SSSR count). The van der Waals surface area contributed by atoms with E-state index in [4.69, 9.17) is 4.42 Å². The fourth-order valence-corrected chi connectivity index (χ4v) is 2.78. The standard InChI is InChI=1S/C17H22N2O/c1-2-9-18-10-8-17-19-12-16(20-17)15-7-6-13-4-3-5-14(13)11-15/h6-7,11-12,18H,2-5,8-10H2,1H3. The molecular formula is C17H22N2O. The molecule has 1 heterocycles. The van der Waals surface area contributed by atoms with E-state index in [0.29, 0.717) is 0 Å². The molecule has 2 aromatic rings. The van der Waals surface area contributed by atoms with Crippen LogP contribution < -0.4 is 5.32 Å². The van der Waals surface area contributed by atoms with Crippen molar-refractivity contribution in [1.29, 1.82) is 0 Å². The van der Waals surface area contributed by atoms with E-state index in [9.17, 15) is 0 Å². The zero-order valence-corrected chi connectivity index (χ0v) is 12.1. The number of oxazole rings is 1. The fourth-order valence-electron chi connectivity index (χ4n) is 2.78. The minimum Gasteiger partial charge on any atom is -0.441 e. The molecule has 20 heavy (non-hydrogen) atoms. The van der Waals surface area contributed by atoms with E-state index >= 15 is 0 Å². The summed E-state index contributed by atoms with van der Waals surface area (Å²) in [5, 5.41) is 3.37. The summed E-state index contributed by atoms with van der Waals surface area (Å²) in [6, 6.07) is 6.66. The monoisotopic (exact) mass is 270 g/mol. The van der Waals surface area contributed by atoms with Crippen LogP contribution >= 0.6 is 0 Å². The molecule has 0 radical (unpaired) electrons. The lowest BCUT2D eigenvalue weighted by Gasteiger charge is -2.02. The van der Waals surface area contributed by atoms with Crippen LogP contribution in [0.15, 0.2) is 28.8 Å². The molecule has 1 aliphatic rings. The number of aromatic nitrogens is 1. The lowest BCUT2D eigenvalue weighted by atomic mass is 10.1. The topological polar surface area (TPSA) is 38.1 Å². The van der Waals surface area contributed by atoms with E-state index in [1.165, 1.54) is 30.4 Å². The molecule has 106 valence electrons. The number of rotatable bonds is 6. The van der Waals surface area contributed by atoms with Crippen molar-refractivity contribution in [2.24, 2.45) is 0 Å². The van der Waals surface area contributed by atoms with E-state index in [0.717, 1.165) is 43.1 Å².